The molecule has 1 aromatic heterocycles. The lowest BCUT2D eigenvalue weighted by Crippen LogP contribution is -2.26. The Labute approximate surface area is 159 Å². The predicted octanol–water partition coefficient (Wildman–Crippen LogP) is 4.11. The Morgan fingerprint density at radius 2 is 1.93 bits per heavy atom. The largest absolute Gasteiger partial charge is 0.354 e. The number of carbonyl (C=O) groups is 1. The lowest BCUT2D eigenvalue weighted by Gasteiger charge is -2.23. The number of hydrogen-bond donors (Lipinski definition) is 3. The van der Waals surface area contributed by atoms with Crippen molar-refractivity contribution in [2.45, 2.75) is 38.6 Å². The first-order valence-electron chi connectivity index (χ1n) is 10.0. The lowest BCUT2D eigenvalue weighted by atomic mass is 9.89. The summed E-state index contributed by atoms with van der Waals surface area (Å²) >= 11 is 0. The van der Waals surface area contributed by atoms with Gasteiger partial charge in [0, 0.05) is 28.7 Å². The van der Waals surface area contributed by atoms with Crippen molar-refractivity contribution in [1.82, 2.24) is 15.6 Å². The van der Waals surface area contributed by atoms with Gasteiger partial charge in [0.05, 0.1) is 0 Å². The monoisotopic (exact) mass is 359 g/mol. The molecular weight excluding hydrogens is 334 g/mol. The van der Waals surface area contributed by atoms with E-state index in [1.54, 1.807) is 0 Å². The molecule has 3 heterocycles. The zero-order valence-electron chi connectivity index (χ0n) is 15.7. The highest BCUT2D eigenvalue weighted by Gasteiger charge is 2.21. The average Bonchev–Trinajstić information content (AvgIpc) is 3.28. The second kappa shape index (κ2) is 6.54. The SMILES string of the molecule is CCc1c(-c2ccc3c(c2)CNC3=O)[nH]c2ccc(C3CCNCC3)cc12. The predicted molar refractivity (Wildman–Crippen MR) is 109 cm³/mol. The summed E-state index contributed by atoms with van der Waals surface area (Å²) in [5.41, 5.74) is 8.30. The topological polar surface area (TPSA) is 56.9 Å². The quantitative estimate of drug-likeness (QED) is 0.659. The molecule has 3 N–H and O–H groups in total. The van der Waals surface area contributed by atoms with E-state index < -0.39 is 0 Å². The van der Waals surface area contributed by atoms with Crippen LogP contribution in [0.3, 0.4) is 0 Å². The molecule has 0 aliphatic carbocycles. The lowest BCUT2D eigenvalue weighted by molar-refractivity contribution is 0.0966. The molecular formula is C23H25N3O. The minimum absolute atomic E-state index is 0.0375. The summed E-state index contributed by atoms with van der Waals surface area (Å²) in [5, 5.41) is 7.71. The average molecular weight is 359 g/mol. The Bertz CT molecular complexity index is 1030. The van der Waals surface area contributed by atoms with E-state index in [0.29, 0.717) is 12.5 Å². The normalized spacial score (nSPS) is 17.3. The molecule has 1 saturated heterocycles. The number of amides is 1. The number of benzene rings is 2. The number of H-pyrrole nitrogens is 1. The number of aromatic nitrogens is 1. The van der Waals surface area contributed by atoms with Gasteiger partial charge in [-0.1, -0.05) is 19.1 Å². The van der Waals surface area contributed by atoms with E-state index in [0.717, 1.165) is 30.6 Å². The van der Waals surface area contributed by atoms with E-state index in [1.807, 2.05) is 6.07 Å². The van der Waals surface area contributed by atoms with Crippen LogP contribution >= 0.6 is 0 Å². The highest BCUT2D eigenvalue weighted by molar-refractivity contribution is 5.99. The van der Waals surface area contributed by atoms with Crippen LogP contribution < -0.4 is 10.6 Å². The van der Waals surface area contributed by atoms with Gasteiger partial charge >= 0.3 is 0 Å². The van der Waals surface area contributed by atoms with Gasteiger partial charge in [-0.2, -0.15) is 0 Å². The summed E-state index contributed by atoms with van der Waals surface area (Å²) in [6.45, 7) is 5.08. The van der Waals surface area contributed by atoms with Crippen LogP contribution in [0.2, 0.25) is 0 Å². The summed E-state index contributed by atoms with van der Waals surface area (Å²) in [7, 11) is 0. The first-order valence-corrected chi connectivity index (χ1v) is 10.0. The maximum Gasteiger partial charge on any atom is 0.251 e. The molecule has 4 heteroatoms. The van der Waals surface area contributed by atoms with E-state index in [-0.39, 0.29) is 5.91 Å². The summed E-state index contributed by atoms with van der Waals surface area (Å²) in [6, 6.07) is 13.1. The molecule has 0 spiro atoms. The molecule has 1 amide bonds. The molecule has 2 aliphatic heterocycles. The van der Waals surface area contributed by atoms with Gasteiger partial charge in [-0.3, -0.25) is 4.79 Å². The van der Waals surface area contributed by atoms with E-state index in [9.17, 15) is 4.79 Å². The van der Waals surface area contributed by atoms with Gasteiger partial charge in [0.2, 0.25) is 0 Å². The second-order valence-electron chi connectivity index (χ2n) is 7.72. The number of aromatic amines is 1. The molecule has 0 bridgehead atoms. The van der Waals surface area contributed by atoms with Crippen molar-refractivity contribution < 1.29 is 4.79 Å². The maximum absolute atomic E-state index is 11.8. The molecule has 0 atom stereocenters. The highest BCUT2D eigenvalue weighted by Crippen LogP contribution is 2.35. The van der Waals surface area contributed by atoms with Crippen molar-refractivity contribution in [2.75, 3.05) is 13.1 Å². The Balaban J connectivity index is 1.59. The second-order valence-corrected chi connectivity index (χ2v) is 7.72. The molecule has 0 unspecified atom stereocenters. The third-order valence-corrected chi connectivity index (χ3v) is 6.17. The van der Waals surface area contributed by atoms with Crippen molar-refractivity contribution >= 4 is 16.8 Å². The van der Waals surface area contributed by atoms with E-state index in [1.165, 1.54) is 46.1 Å². The fourth-order valence-corrected chi connectivity index (χ4v) is 4.68. The first kappa shape index (κ1) is 16.6. The van der Waals surface area contributed by atoms with Crippen LogP contribution in [-0.2, 0) is 13.0 Å². The van der Waals surface area contributed by atoms with Crippen LogP contribution in [0.15, 0.2) is 36.4 Å². The minimum Gasteiger partial charge on any atom is -0.354 e. The van der Waals surface area contributed by atoms with Gasteiger partial charge < -0.3 is 15.6 Å². The highest BCUT2D eigenvalue weighted by atomic mass is 16.1. The number of piperidine rings is 1. The molecule has 2 aliphatic rings. The zero-order chi connectivity index (χ0) is 18.4. The number of nitrogens with one attached hydrogen (secondary N) is 3. The number of fused-ring (bicyclic) bond motifs is 2. The van der Waals surface area contributed by atoms with Crippen LogP contribution in [0.5, 0.6) is 0 Å². The summed E-state index contributed by atoms with van der Waals surface area (Å²) < 4.78 is 0. The number of carbonyl (C=O) groups excluding carboxylic acids is 1. The molecule has 2 aromatic carbocycles. The third-order valence-electron chi connectivity index (χ3n) is 6.17. The van der Waals surface area contributed by atoms with Crippen molar-refractivity contribution in [3.63, 3.8) is 0 Å². The van der Waals surface area contributed by atoms with Crippen LogP contribution in [0.1, 0.15) is 52.7 Å². The Kier molecular flexibility index (Phi) is 4.01. The van der Waals surface area contributed by atoms with Gasteiger partial charge in [-0.25, -0.2) is 0 Å². The fourth-order valence-electron chi connectivity index (χ4n) is 4.68. The van der Waals surface area contributed by atoms with Gasteiger partial charge in [0.25, 0.3) is 5.91 Å². The van der Waals surface area contributed by atoms with Crippen molar-refractivity contribution in [1.29, 1.82) is 0 Å². The van der Waals surface area contributed by atoms with Crippen molar-refractivity contribution in [3.05, 3.63) is 58.7 Å². The van der Waals surface area contributed by atoms with Crippen molar-refractivity contribution in [3.8, 4) is 11.3 Å². The number of hydrogen-bond acceptors (Lipinski definition) is 2. The molecule has 3 aromatic rings. The van der Waals surface area contributed by atoms with Gasteiger partial charge in [0.1, 0.15) is 0 Å². The maximum atomic E-state index is 11.8. The first-order chi connectivity index (χ1) is 13.2. The third kappa shape index (κ3) is 2.76. The fraction of sp³-hybridized carbons (Fsp3) is 0.348. The number of rotatable bonds is 3. The van der Waals surface area contributed by atoms with Crippen molar-refractivity contribution in [2.24, 2.45) is 0 Å². The standard InChI is InChI=1S/C23H25N3O/c1-2-18-20-12-15(14-7-9-24-10-8-14)4-6-21(20)26-22(18)16-3-5-19-17(11-16)13-25-23(19)27/h3-6,11-12,14,24,26H,2,7-10,13H2,1H3,(H,25,27). The molecule has 0 radical (unpaired) electrons. The van der Waals surface area contributed by atoms with Crippen LogP contribution in [0.25, 0.3) is 22.2 Å². The van der Waals surface area contributed by atoms with Crippen LogP contribution in [-0.4, -0.2) is 24.0 Å². The zero-order valence-corrected chi connectivity index (χ0v) is 15.7. The molecule has 5 rings (SSSR count). The minimum atomic E-state index is 0.0375. The molecule has 138 valence electrons. The van der Waals surface area contributed by atoms with Gasteiger partial charge in [-0.05, 0) is 84.8 Å². The van der Waals surface area contributed by atoms with Crippen LogP contribution in [0, 0.1) is 0 Å². The van der Waals surface area contributed by atoms with E-state index in [4.69, 9.17) is 0 Å². The number of aryl methyl sites for hydroxylation is 1. The molecule has 1 fully saturated rings. The molecule has 0 saturated carbocycles. The summed E-state index contributed by atoms with van der Waals surface area (Å²) in [5.74, 6) is 0.700. The van der Waals surface area contributed by atoms with Gasteiger partial charge in [0.15, 0.2) is 0 Å². The molecule has 27 heavy (non-hydrogen) atoms. The Morgan fingerprint density at radius 3 is 2.74 bits per heavy atom. The van der Waals surface area contributed by atoms with E-state index >= 15 is 0 Å². The van der Waals surface area contributed by atoms with Gasteiger partial charge in [-0.15, -0.1) is 0 Å². The van der Waals surface area contributed by atoms with E-state index in [2.05, 4.69) is 52.9 Å². The van der Waals surface area contributed by atoms with Crippen LogP contribution in [0.4, 0.5) is 0 Å². The Hall–Kier alpha value is -2.59. The smallest absolute Gasteiger partial charge is 0.251 e. The summed E-state index contributed by atoms with van der Waals surface area (Å²) in [6.07, 6.45) is 3.42. The summed E-state index contributed by atoms with van der Waals surface area (Å²) in [4.78, 5) is 15.5. The molecule has 4 nitrogen and oxygen atoms in total. The Morgan fingerprint density at radius 1 is 1.07 bits per heavy atom.